The molecule has 0 fully saturated rings. The zero-order valence-electron chi connectivity index (χ0n) is 3.87. The van der Waals surface area contributed by atoms with Gasteiger partial charge in [0.2, 0.25) is 0 Å². The van der Waals surface area contributed by atoms with Crippen molar-refractivity contribution < 1.29 is 19.1 Å². The molecule has 0 aromatic carbocycles. The molecule has 8 heavy (non-hydrogen) atoms. The molecule has 0 saturated heterocycles. The van der Waals surface area contributed by atoms with E-state index >= 15 is 0 Å². The topological polar surface area (TPSA) is 72.4 Å². The highest BCUT2D eigenvalue weighted by Gasteiger charge is 1.87. The summed E-state index contributed by atoms with van der Waals surface area (Å²) in [7, 11) is -4.49. The number of alkyl halides is 1. The second kappa shape index (κ2) is 3.43. The van der Waals surface area contributed by atoms with Gasteiger partial charge in [-0.15, -0.1) is 0 Å². The van der Waals surface area contributed by atoms with Gasteiger partial charge >= 0.3 is 0 Å². The van der Waals surface area contributed by atoms with Crippen LogP contribution in [-0.4, -0.2) is 12.4 Å². The summed E-state index contributed by atoms with van der Waals surface area (Å²) in [5.74, 6) is 0. The second-order valence-corrected chi connectivity index (χ2v) is 2.75. The molecule has 0 unspecified atom stereocenters. The van der Waals surface area contributed by atoms with Crippen LogP contribution in [0.15, 0.2) is 0 Å². The first kappa shape index (κ1) is 8.40. The first-order valence-corrected chi connectivity index (χ1v) is 3.97. The number of rotatable bonds is 3. The summed E-state index contributed by atoms with van der Waals surface area (Å²) >= 11 is 4.89. The largest absolute Gasteiger partial charge is 0.809 e. The van der Waals surface area contributed by atoms with Gasteiger partial charge < -0.3 is 19.1 Å². The van der Waals surface area contributed by atoms with E-state index in [0.717, 1.165) is 0 Å². The Hall–Kier alpha value is 0.400. The molecular formula is C2H4ClO4P-2. The maximum absolute atomic E-state index is 9.68. The monoisotopic (exact) mass is 158 g/mol. The summed E-state index contributed by atoms with van der Waals surface area (Å²) in [4.78, 5) is 19.4. The van der Waals surface area contributed by atoms with Crippen LogP contribution in [0.5, 0.6) is 0 Å². The minimum Gasteiger partial charge on any atom is -0.809 e. The molecule has 50 valence electrons. The lowest BCUT2D eigenvalue weighted by Gasteiger charge is -2.27. The van der Waals surface area contributed by atoms with Gasteiger partial charge in [0.25, 0.3) is 0 Å². The SMILES string of the molecule is O=P([O-])([O-])COCCl. The van der Waals surface area contributed by atoms with Crippen molar-refractivity contribution in [2.75, 3.05) is 12.4 Å². The van der Waals surface area contributed by atoms with E-state index in [9.17, 15) is 14.4 Å². The van der Waals surface area contributed by atoms with Crippen molar-refractivity contribution in [2.24, 2.45) is 0 Å². The number of ether oxygens (including phenoxy) is 1. The fourth-order valence-electron chi connectivity index (χ4n) is 0.146. The van der Waals surface area contributed by atoms with Gasteiger partial charge in [0, 0.05) is 0 Å². The molecule has 0 heterocycles. The minimum atomic E-state index is -4.49. The van der Waals surface area contributed by atoms with Crippen LogP contribution in [0, 0.1) is 0 Å². The van der Waals surface area contributed by atoms with Crippen LogP contribution in [-0.2, 0) is 9.30 Å². The summed E-state index contributed by atoms with van der Waals surface area (Å²) in [5.41, 5.74) is 0. The van der Waals surface area contributed by atoms with E-state index in [1.807, 2.05) is 0 Å². The van der Waals surface area contributed by atoms with Gasteiger partial charge in [-0.05, 0) is 7.60 Å². The van der Waals surface area contributed by atoms with E-state index in [1.165, 1.54) is 0 Å². The van der Waals surface area contributed by atoms with Gasteiger partial charge in [-0.3, -0.25) is 0 Å². The average Bonchev–Trinajstić information content (AvgIpc) is 1.59. The molecule has 0 aliphatic heterocycles. The van der Waals surface area contributed by atoms with Crippen LogP contribution < -0.4 is 9.79 Å². The second-order valence-electron chi connectivity index (χ2n) is 1.05. The molecule has 0 bridgehead atoms. The molecule has 0 atom stereocenters. The van der Waals surface area contributed by atoms with Gasteiger partial charge in [-0.2, -0.15) is 0 Å². The molecule has 0 spiro atoms. The van der Waals surface area contributed by atoms with Gasteiger partial charge in [0.05, 0.1) is 6.35 Å². The molecule has 0 radical (unpaired) electrons. The Labute approximate surface area is 51.6 Å². The maximum Gasteiger partial charge on any atom is 0.121 e. The van der Waals surface area contributed by atoms with Gasteiger partial charge in [0.15, 0.2) is 0 Å². The smallest absolute Gasteiger partial charge is 0.121 e. The lowest BCUT2D eigenvalue weighted by atomic mass is 11.5. The molecular weight excluding hydrogens is 154 g/mol. The molecule has 0 aromatic rings. The maximum atomic E-state index is 9.68. The van der Waals surface area contributed by atoms with Crippen molar-refractivity contribution in [1.29, 1.82) is 0 Å². The van der Waals surface area contributed by atoms with Crippen molar-refractivity contribution >= 4 is 19.2 Å². The standard InChI is InChI=1S/C2H6ClO4P/c3-1-7-2-8(4,5)6/h1-2H2,(H2,4,5,6)/p-2. The fourth-order valence-corrected chi connectivity index (χ4v) is 0.646. The third-order valence-corrected chi connectivity index (χ3v) is 0.980. The number of hydrogen-bond donors (Lipinski definition) is 0. The van der Waals surface area contributed by atoms with E-state index in [-0.39, 0.29) is 6.07 Å². The predicted molar refractivity (Wildman–Crippen MR) is 24.3 cm³/mol. The van der Waals surface area contributed by atoms with Gasteiger partial charge in [0.1, 0.15) is 6.07 Å². The Morgan fingerprint density at radius 1 is 1.62 bits per heavy atom. The third-order valence-electron chi connectivity index (χ3n) is 0.327. The minimum absolute atomic E-state index is 0.269. The summed E-state index contributed by atoms with van der Waals surface area (Å²) < 4.78 is 13.8. The quantitative estimate of drug-likeness (QED) is 0.393. The van der Waals surface area contributed by atoms with Crippen molar-refractivity contribution in [3.05, 3.63) is 0 Å². The van der Waals surface area contributed by atoms with E-state index in [1.54, 1.807) is 0 Å². The van der Waals surface area contributed by atoms with E-state index in [2.05, 4.69) is 4.74 Å². The van der Waals surface area contributed by atoms with Gasteiger partial charge in [-0.1, -0.05) is 11.6 Å². The highest BCUT2D eigenvalue weighted by Crippen LogP contribution is 2.21. The summed E-state index contributed by atoms with van der Waals surface area (Å²) in [6.07, 6.45) is -0.823. The van der Waals surface area contributed by atoms with E-state index in [0.29, 0.717) is 0 Å². The summed E-state index contributed by atoms with van der Waals surface area (Å²) in [6.45, 7) is 0. The molecule has 0 amide bonds. The van der Waals surface area contributed by atoms with E-state index in [4.69, 9.17) is 11.6 Å². The number of hydrogen-bond acceptors (Lipinski definition) is 4. The fraction of sp³-hybridized carbons (Fsp3) is 1.00. The van der Waals surface area contributed by atoms with Crippen LogP contribution in [0.2, 0.25) is 0 Å². The highest BCUT2D eigenvalue weighted by atomic mass is 35.5. The molecule has 0 aliphatic carbocycles. The summed E-state index contributed by atoms with van der Waals surface area (Å²) in [5, 5.41) is 0. The van der Waals surface area contributed by atoms with Crippen LogP contribution in [0.3, 0.4) is 0 Å². The normalized spacial score (nSPS) is 11.9. The molecule has 0 saturated carbocycles. The van der Waals surface area contributed by atoms with Gasteiger partial charge in [-0.25, -0.2) is 0 Å². The molecule has 4 nitrogen and oxygen atoms in total. The van der Waals surface area contributed by atoms with Crippen molar-refractivity contribution in [2.45, 2.75) is 0 Å². The van der Waals surface area contributed by atoms with Crippen molar-refractivity contribution in [1.82, 2.24) is 0 Å². The van der Waals surface area contributed by atoms with Crippen LogP contribution in [0.4, 0.5) is 0 Å². The molecule has 0 rings (SSSR count). The zero-order valence-corrected chi connectivity index (χ0v) is 5.52. The Balaban J connectivity index is 3.26. The van der Waals surface area contributed by atoms with E-state index < -0.39 is 13.9 Å². The van der Waals surface area contributed by atoms with Crippen LogP contribution in [0.25, 0.3) is 0 Å². The van der Waals surface area contributed by atoms with Crippen LogP contribution >= 0.6 is 19.2 Å². The Morgan fingerprint density at radius 3 is 2.25 bits per heavy atom. The Morgan fingerprint density at radius 2 is 2.12 bits per heavy atom. The average molecular weight is 158 g/mol. The summed E-state index contributed by atoms with van der Waals surface area (Å²) in [6, 6.07) is -0.269. The first-order valence-electron chi connectivity index (χ1n) is 1.71. The molecule has 0 aliphatic rings. The molecule has 0 aromatic heterocycles. The van der Waals surface area contributed by atoms with Crippen molar-refractivity contribution in [3.8, 4) is 0 Å². The Kier molecular flexibility index (Phi) is 3.60. The predicted octanol–water partition coefficient (Wildman–Crippen LogP) is -0.930. The Bertz CT molecular complexity index is 98.2. The lowest BCUT2D eigenvalue weighted by Crippen LogP contribution is -2.17. The highest BCUT2D eigenvalue weighted by molar-refractivity contribution is 7.48. The lowest BCUT2D eigenvalue weighted by molar-refractivity contribution is -0.317. The third kappa shape index (κ3) is 6.40. The molecule has 0 N–H and O–H groups in total. The van der Waals surface area contributed by atoms with Crippen molar-refractivity contribution in [3.63, 3.8) is 0 Å². The number of halogens is 1. The van der Waals surface area contributed by atoms with Crippen LogP contribution in [0.1, 0.15) is 0 Å². The first-order chi connectivity index (χ1) is 3.56. The molecule has 6 heteroatoms. The zero-order chi connectivity index (χ0) is 6.62.